The van der Waals surface area contributed by atoms with Crippen molar-refractivity contribution in [3.63, 3.8) is 0 Å². The summed E-state index contributed by atoms with van der Waals surface area (Å²) in [5, 5.41) is 3.16. The predicted molar refractivity (Wildman–Crippen MR) is 42.3 cm³/mol. The van der Waals surface area contributed by atoms with Crippen molar-refractivity contribution in [3.8, 4) is 0 Å². The minimum atomic E-state index is -0.100. The van der Waals surface area contributed by atoms with E-state index in [1.807, 2.05) is 6.92 Å². The van der Waals surface area contributed by atoms with Crippen LogP contribution in [0, 0.1) is 0 Å². The first kappa shape index (κ1) is 8.53. The van der Waals surface area contributed by atoms with Gasteiger partial charge in [-0.25, -0.2) is 0 Å². The molecule has 1 fully saturated rings. The van der Waals surface area contributed by atoms with Crippen LogP contribution < -0.4 is 5.32 Å². The van der Waals surface area contributed by atoms with Gasteiger partial charge in [-0.05, 0) is 26.7 Å². The summed E-state index contributed by atoms with van der Waals surface area (Å²) in [5.74, 6) is -0.100. The molecule has 0 aromatic carbocycles. The van der Waals surface area contributed by atoms with Crippen LogP contribution in [0.2, 0.25) is 0 Å². The van der Waals surface area contributed by atoms with Crippen LogP contribution >= 0.6 is 0 Å². The van der Waals surface area contributed by atoms with Gasteiger partial charge in [0.2, 0.25) is 0 Å². The Morgan fingerprint density at radius 2 is 2.36 bits per heavy atom. The summed E-state index contributed by atoms with van der Waals surface area (Å²) in [6.07, 6.45) is 1.99. The standard InChI is InChI=1S/C8H15NO2/c1-3-11-8(10)7-5-4-6(2)9-7/h6-7,9H,3-5H2,1-2H3/t6?,7-/m1/s1. The molecule has 1 aliphatic rings. The Morgan fingerprint density at radius 3 is 2.82 bits per heavy atom. The highest BCUT2D eigenvalue weighted by Gasteiger charge is 2.27. The fourth-order valence-electron chi connectivity index (χ4n) is 1.36. The number of carbonyl (C=O) groups is 1. The third-order valence-corrected chi connectivity index (χ3v) is 1.95. The van der Waals surface area contributed by atoms with Gasteiger partial charge in [0.05, 0.1) is 6.61 Å². The third kappa shape index (κ3) is 2.19. The number of hydrogen-bond donors (Lipinski definition) is 1. The molecule has 1 saturated heterocycles. The molecule has 3 heteroatoms. The van der Waals surface area contributed by atoms with Gasteiger partial charge >= 0.3 is 5.97 Å². The van der Waals surface area contributed by atoms with Crippen molar-refractivity contribution in [2.75, 3.05) is 6.61 Å². The van der Waals surface area contributed by atoms with Gasteiger partial charge in [0, 0.05) is 6.04 Å². The lowest BCUT2D eigenvalue weighted by atomic mass is 10.2. The van der Waals surface area contributed by atoms with Crippen molar-refractivity contribution in [2.45, 2.75) is 38.8 Å². The molecule has 0 aromatic rings. The van der Waals surface area contributed by atoms with E-state index in [0.29, 0.717) is 12.6 Å². The smallest absolute Gasteiger partial charge is 0.323 e. The maximum atomic E-state index is 11.1. The second-order valence-corrected chi connectivity index (χ2v) is 2.95. The van der Waals surface area contributed by atoms with E-state index in [2.05, 4.69) is 12.2 Å². The van der Waals surface area contributed by atoms with Crippen LogP contribution in [0.4, 0.5) is 0 Å². The fraction of sp³-hybridized carbons (Fsp3) is 0.875. The van der Waals surface area contributed by atoms with E-state index < -0.39 is 0 Å². The van der Waals surface area contributed by atoms with Crippen LogP contribution in [0.25, 0.3) is 0 Å². The van der Waals surface area contributed by atoms with Crippen LogP contribution in [0.15, 0.2) is 0 Å². The van der Waals surface area contributed by atoms with E-state index >= 15 is 0 Å². The first-order valence-electron chi connectivity index (χ1n) is 4.16. The van der Waals surface area contributed by atoms with Crippen molar-refractivity contribution in [1.82, 2.24) is 5.32 Å². The van der Waals surface area contributed by atoms with Crippen molar-refractivity contribution in [3.05, 3.63) is 0 Å². The number of hydrogen-bond acceptors (Lipinski definition) is 3. The summed E-state index contributed by atoms with van der Waals surface area (Å²) in [4.78, 5) is 11.1. The number of rotatable bonds is 2. The Bertz CT molecular complexity index is 147. The molecule has 0 saturated carbocycles. The number of nitrogens with one attached hydrogen (secondary N) is 1. The van der Waals surface area contributed by atoms with E-state index in [4.69, 9.17) is 4.74 Å². The van der Waals surface area contributed by atoms with E-state index in [9.17, 15) is 4.79 Å². The van der Waals surface area contributed by atoms with Gasteiger partial charge in [0.25, 0.3) is 0 Å². The zero-order chi connectivity index (χ0) is 8.27. The van der Waals surface area contributed by atoms with Crippen molar-refractivity contribution in [1.29, 1.82) is 0 Å². The molecule has 0 aromatic heterocycles. The molecule has 1 N–H and O–H groups in total. The maximum Gasteiger partial charge on any atom is 0.323 e. The zero-order valence-corrected chi connectivity index (χ0v) is 7.09. The zero-order valence-electron chi connectivity index (χ0n) is 7.09. The van der Waals surface area contributed by atoms with Crippen LogP contribution in [0.1, 0.15) is 26.7 Å². The lowest BCUT2D eigenvalue weighted by Crippen LogP contribution is -2.35. The topological polar surface area (TPSA) is 38.3 Å². The van der Waals surface area contributed by atoms with E-state index in [1.165, 1.54) is 0 Å². The fourth-order valence-corrected chi connectivity index (χ4v) is 1.36. The Labute approximate surface area is 67.1 Å². The van der Waals surface area contributed by atoms with E-state index in [1.54, 1.807) is 0 Å². The van der Waals surface area contributed by atoms with Crippen LogP contribution in [0.5, 0.6) is 0 Å². The highest BCUT2D eigenvalue weighted by Crippen LogP contribution is 2.12. The molecular formula is C8H15NO2. The lowest BCUT2D eigenvalue weighted by Gasteiger charge is -2.09. The molecule has 1 aliphatic heterocycles. The molecule has 64 valence electrons. The molecule has 0 radical (unpaired) electrons. The Morgan fingerprint density at radius 1 is 1.64 bits per heavy atom. The lowest BCUT2D eigenvalue weighted by molar-refractivity contribution is -0.145. The van der Waals surface area contributed by atoms with Crippen molar-refractivity contribution in [2.24, 2.45) is 0 Å². The van der Waals surface area contributed by atoms with Crippen LogP contribution in [-0.4, -0.2) is 24.7 Å². The Hall–Kier alpha value is -0.570. The average molecular weight is 157 g/mol. The minimum absolute atomic E-state index is 0.0510. The molecule has 0 bridgehead atoms. The van der Waals surface area contributed by atoms with Crippen molar-refractivity contribution < 1.29 is 9.53 Å². The summed E-state index contributed by atoms with van der Waals surface area (Å²) in [7, 11) is 0. The largest absolute Gasteiger partial charge is 0.465 e. The minimum Gasteiger partial charge on any atom is -0.465 e. The molecular weight excluding hydrogens is 142 g/mol. The van der Waals surface area contributed by atoms with Gasteiger partial charge in [-0.2, -0.15) is 0 Å². The second kappa shape index (κ2) is 3.72. The summed E-state index contributed by atoms with van der Waals surface area (Å²) in [6, 6.07) is 0.411. The van der Waals surface area contributed by atoms with Gasteiger partial charge < -0.3 is 10.1 Å². The molecule has 0 amide bonds. The Kier molecular flexibility index (Phi) is 2.88. The maximum absolute atomic E-state index is 11.1. The molecule has 0 aliphatic carbocycles. The summed E-state index contributed by atoms with van der Waals surface area (Å²) in [6.45, 7) is 4.39. The van der Waals surface area contributed by atoms with Crippen molar-refractivity contribution >= 4 is 5.97 Å². The number of carbonyl (C=O) groups excluding carboxylic acids is 1. The Balaban J connectivity index is 2.31. The highest BCUT2D eigenvalue weighted by atomic mass is 16.5. The van der Waals surface area contributed by atoms with Crippen LogP contribution in [-0.2, 0) is 9.53 Å². The molecule has 11 heavy (non-hydrogen) atoms. The molecule has 0 spiro atoms. The second-order valence-electron chi connectivity index (χ2n) is 2.95. The SMILES string of the molecule is CCOC(=O)[C@H]1CCC(C)N1. The highest BCUT2D eigenvalue weighted by molar-refractivity contribution is 5.76. The van der Waals surface area contributed by atoms with Gasteiger partial charge in [-0.3, -0.25) is 4.79 Å². The molecule has 3 nitrogen and oxygen atoms in total. The van der Waals surface area contributed by atoms with Gasteiger partial charge in [-0.15, -0.1) is 0 Å². The van der Waals surface area contributed by atoms with Gasteiger partial charge in [-0.1, -0.05) is 0 Å². The quantitative estimate of drug-likeness (QED) is 0.599. The molecule has 1 rings (SSSR count). The molecule has 1 heterocycles. The van der Waals surface area contributed by atoms with Crippen LogP contribution in [0.3, 0.4) is 0 Å². The van der Waals surface area contributed by atoms with Gasteiger partial charge in [0.15, 0.2) is 0 Å². The summed E-state index contributed by atoms with van der Waals surface area (Å²) >= 11 is 0. The number of esters is 1. The van der Waals surface area contributed by atoms with Gasteiger partial charge in [0.1, 0.15) is 6.04 Å². The van der Waals surface area contributed by atoms with E-state index in [-0.39, 0.29) is 12.0 Å². The monoisotopic (exact) mass is 157 g/mol. The molecule has 2 atom stereocenters. The summed E-state index contributed by atoms with van der Waals surface area (Å²) < 4.78 is 4.87. The van der Waals surface area contributed by atoms with E-state index in [0.717, 1.165) is 12.8 Å². The summed E-state index contributed by atoms with van der Waals surface area (Å²) in [5.41, 5.74) is 0. The average Bonchev–Trinajstić information content (AvgIpc) is 2.36. The predicted octanol–water partition coefficient (Wildman–Crippen LogP) is 0.690. The molecule has 1 unspecified atom stereocenters. The normalized spacial score (nSPS) is 30.4. The first-order valence-corrected chi connectivity index (χ1v) is 4.16. The number of ether oxygens (including phenoxy) is 1. The first-order chi connectivity index (χ1) is 5.24. The third-order valence-electron chi connectivity index (χ3n) is 1.95.